The Morgan fingerprint density at radius 3 is 2.43 bits per heavy atom. The maximum absolute atomic E-state index is 12.9. The molecule has 140 valence electrons. The molecular formula is C22H19N3OS2. The topological polar surface area (TPSA) is 46.1 Å². The molecule has 0 saturated carbocycles. The second-order valence-corrected chi connectivity index (χ2v) is 8.73. The Kier molecular flexibility index (Phi) is 5.41. The van der Waals surface area contributed by atoms with E-state index < -0.39 is 0 Å². The molecule has 4 nitrogen and oxygen atoms in total. The van der Waals surface area contributed by atoms with Crippen LogP contribution in [0.15, 0.2) is 78.1 Å². The third-order valence-corrected chi connectivity index (χ3v) is 6.66. The number of hydrogen-bond donors (Lipinski definition) is 0. The number of thiophene rings is 1. The van der Waals surface area contributed by atoms with Crippen LogP contribution in [0.5, 0.6) is 0 Å². The van der Waals surface area contributed by atoms with Gasteiger partial charge in [-0.05, 0) is 30.7 Å². The minimum absolute atomic E-state index is 0.0430. The summed E-state index contributed by atoms with van der Waals surface area (Å²) in [5.41, 5.74) is 2.05. The summed E-state index contributed by atoms with van der Waals surface area (Å²) < 4.78 is 0. The smallest absolute Gasteiger partial charge is 0.239 e. The van der Waals surface area contributed by atoms with Gasteiger partial charge in [0.25, 0.3) is 0 Å². The van der Waals surface area contributed by atoms with Crippen molar-refractivity contribution >= 4 is 44.9 Å². The number of fused-ring (bicyclic) bond motifs is 1. The Bertz CT molecular complexity index is 1100. The van der Waals surface area contributed by atoms with Gasteiger partial charge in [0, 0.05) is 23.0 Å². The number of thioether (sulfide) groups is 1. The van der Waals surface area contributed by atoms with Gasteiger partial charge in [0.15, 0.2) is 0 Å². The molecule has 0 unspecified atom stereocenters. The summed E-state index contributed by atoms with van der Waals surface area (Å²) in [6.07, 6.45) is 1.58. The van der Waals surface area contributed by atoms with Gasteiger partial charge in [-0.25, -0.2) is 9.97 Å². The number of benzene rings is 2. The highest BCUT2D eigenvalue weighted by Crippen LogP contribution is 2.37. The van der Waals surface area contributed by atoms with Crippen LogP contribution >= 0.6 is 23.1 Å². The Labute approximate surface area is 172 Å². The summed E-state index contributed by atoms with van der Waals surface area (Å²) >= 11 is 3.12. The van der Waals surface area contributed by atoms with Crippen LogP contribution in [0.4, 0.5) is 5.69 Å². The van der Waals surface area contributed by atoms with Gasteiger partial charge in [0.05, 0.1) is 5.25 Å². The van der Waals surface area contributed by atoms with Gasteiger partial charge < -0.3 is 4.90 Å². The monoisotopic (exact) mass is 405 g/mol. The summed E-state index contributed by atoms with van der Waals surface area (Å²) in [5, 5.41) is 1.58. The molecule has 4 rings (SSSR count). The Hall–Kier alpha value is -2.70. The highest BCUT2D eigenvalue weighted by atomic mass is 32.2. The molecule has 0 aliphatic carbocycles. The molecule has 6 heteroatoms. The second kappa shape index (κ2) is 8.12. The number of carbonyl (C=O) groups is 1. The number of amides is 1. The molecule has 0 N–H and O–H groups in total. The number of hydrogen-bond acceptors (Lipinski definition) is 5. The van der Waals surface area contributed by atoms with E-state index in [0.717, 1.165) is 31.4 Å². The van der Waals surface area contributed by atoms with Gasteiger partial charge in [0.1, 0.15) is 16.2 Å². The number of carbonyl (C=O) groups excluding carboxylic acids is 1. The lowest BCUT2D eigenvalue weighted by Gasteiger charge is -2.21. The van der Waals surface area contributed by atoms with Crippen molar-refractivity contribution in [3.05, 3.63) is 73.1 Å². The molecule has 0 spiro atoms. The maximum atomic E-state index is 12.9. The summed E-state index contributed by atoms with van der Waals surface area (Å²) in [6.45, 7) is 1.92. The zero-order valence-corrected chi connectivity index (χ0v) is 17.2. The van der Waals surface area contributed by atoms with E-state index in [-0.39, 0.29) is 11.2 Å². The summed E-state index contributed by atoms with van der Waals surface area (Å²) in [6, 6.07) is 22.0. The van der Waals surface area contributed by atoms with Crippen LogP contribution in [0.1, 0.15) is 6.92 Å². The van der Waals surface area contributed by atoms with Crippen molar-refractivity contribution < 1.29 is 4.79 Å². The van der Waals surface area contributed by atoms with E-state index in [1.165, 1.54) is 11.8 Å². The fourth-order valence-corrected chi connectivity index (χ4v) is 5.00. The molecule has 0 saturated heterocycles. The van der Waals surface area contributed by atoms with Crippen LogP contribution in [-0.4, -0.2) is 28.2 Å². The fourth-order valence-electron chi connectivity index (χ4n) is 2.94. The molecule has 0 radical (unpaired) electrons. The predicted octanol–water partition coefficient (Wildman–Crippen LogP) is 5.50. The van der Waals surface area contributed by atoms with Crippen molar-refractivity contribution in [2.45, 2.75) is 17.2 Å². The average Bonchev–Trinajstić information content (AvgIpc) is 3.19. The highest BCUT2D eigenvalue weighted by molar-refractivity contribution is 8.00. The molecule has 1 atom stereocenters. The van der Waals surface area contributed by atoms with Crippen molar-refractivity contribution in [3.63, 3.8) is 0 Å². The van der Waals surface area contributed by atoms with Crippen molar-refractivity contribution in [2.75, 3.05) is 11.9 Å². The minimum atomic E-state index is -0.261. The molecule has 4 aromatic rings. The van der Waals surface area contributed by atoms with Crippen molar-refractivity contribution in [3.8, 4) is 10.4 Å². The second-order valence-electron chi connectivity index (χ2n) is 6.37. The molecule has 2 heterocycles. The summed E-state index contributed by atoms with van der Waals surface area (Å²) in [4.78, 5) is 25.5. The van der Waals surface area contributed by atoms with Crippen LogP contribution in [0, 0.1) is 0 Å². The van der Waals surface area contributed by atoms with Crippen molar-refractivity contribution in [1.29, 1.82) is 0 Å². The fraction of sp³-hybridized carbons (Fsp3) is 0.136. The molecular weight excluding hydrogens is 386 g/mol. The first-order valence-electron chi connectivity index (χ1n) is 8.92. The normalized spacial score (nSPS) is 12.1. The predicted molar refractivity (Wildman–Crippen MR) is 118 cm³/mol. The van der Waals surface area contributed by atoms with E-state index in [0.29, 0.717) is 0 Å². The number of rotatable bonds is 5. The van der Waals surface area contributed by atoms with Crippen molar-refractivity contribution in [1.82, 2.24) is 9.97 Å². The lowest BCUT2D eigenvalue weighted by Crippen LogP contribution is -2.33. The van der Waals surface area contributed by atoms with Crippen LogP contribution in [0.2, 0.25) is 0 Å². The number of aromatic nitrogens is 2. The summed E-state index contributed by atoms with van der Waals surface area (Å²) in [5.74, 6) is 0.0430. The third-order valence-electron chi connectivity index (χ3n) is 4.46. The minimum Gasteiger partial charge on any atom is -0.315 e. The molecule has 2 aromatic heterocycles. The van der Waals surface area contributed by atoms with Crippen LogP contribution in [0.25, 0.3) is 20.7 Å². The lowest BCUT2D eigenvalue weighted by molar-refractivity contribution is -0.117. The van der Waals surface area contributed by atoms with Crippen molar-refractivity contribution in [2.24, 2.45) is 0 Å². The molecule has 28 heavy (non-hydrogen) atoms. The Balaban J connectivity index is 1.59. The Morgan fingerprint density at radius 1 is 1.04 bits per heavy atom. The molecule has 0 aliphatic heterocycles. The highest BCUT2D eigenvalue weighted by Gasteiger charge is 2.22. The van der Waals surface area contributed by atoms with E-state index in [1.54, 1.807) is 22.6 Å². The zero-order valence-electron chi connectivity index (χ0n) is 15.6. The first-order chi connectivity index (χ1) is 13.6. The standard InChI is InChI=1S/C22H19N3OS2/c1-15(22(26)25(2)17-11-7-4-8-12-17)27-20-18-13-19(16-9-5-3-6-10-16)28-21(18)24-14-23-20/h3-15H,1-2H3/t15-/m1/s1. The molecule has 0 fully saturated rings. The van der Waals surface area contributed by atoms with Crippen LogP contribution in [-0.2, 0) is 4.79 Å². The van der Waals surface area contributed by atoms with Gasteiger partial charge in [-0.3, -0.25) is 4.79 Å². The van der Waals surface area contributed by atoms with E-state index in [4.69, 9.17) is 0 Å². The van der Waals surface area contributed by atoms with E-state index in [1.807, 2.05) is 62.5 Å². The first-order valence-corrected chi connectivity index (χ1v) is 10.6. The maximum Gasteiger partial charge on any atom is 0.239 e. The Morgan fingerprint density at radius 2 is 1.71 bits per heavy atom. The molecule has 2 aromatic carbocycles. The van der Waals surface area contributed by atoms with E-state index in [2.05, 4.69) is 28.2 Å². The molecule has 0 aliphatic rings. The van der Waals surface area contributed by atoms with Gasteiger partial charge in [-0.15, -0.1) is 11.3 Å². The zero-order chi connectivity index (χ0) is 19.5. The van der Waals surface area contributed by atoms with E-state index >= 15 is 0 Å². The van der Waals surface area contributed by atoms with Gasteiger partial charge in [-0.1, -0.05) is 60.3 Å². The van der Waals surface area contributed by atoms with Gasteiger partial charge >= 0.3 is 0 Å². The average molecular weight is 406 g/mol. The SMILES string of the molecule is C[C@@H](Sc1ncnc2sc(-c3ccccc3)cc12)C(=O)N(C)c1ccccc1. The van der Waals surface area contributed by atoms with Gasteiger partial charge in [-0.2, -0.15) is 0 Å². The quantitative estimate of drug-likeness (QED) is 0.325. The molecule has 0 bridgehead atoms. The number of para-hydroxylation sites is 1. The molecule has 1 amide bonds. The van der Waals surface area contributed by atoms with E-state index in [9.17, 15) is 4.79 Å². The van der Waals surface area contributed by atoms with Gasteiger partial charge in [0.2, 0.25) is 5.91 Å². The van der Waals surface area contributed by atoms with Crippen LogP contribution in [0.3, 0.4) is 0 Å². The number of nitrogens with zero attached hydrogens (tertiary/aromatic N) is 3. The van der Waals surface area contributed by atoms with Crippen LogP contribution < -0.4 is 4.90 Å². The lowest BCUT2D eigenvalue weighted by atomic mass is 10.2. The third kappa shape index (κ3) is 3.79. The largest absolute Gasteiger partial charge is 0.315 e. The first kappa shape index (κ1) is 18.7. The number of anilines is 1. The summed E-state index contributed by atoms with van der Waals surface area (Å²) in [7, 11) is 1.81.